The molecule has 0 bridgehead atoms. The van der Waals surface area contributed by atoms with Crippen molar-refractivity contribution in [1.29, 1.82) is 0 Å². The quantitative estimate of drug-likeness (QED) is 0.175. The predicted molar refractivity (Wildman–Crippen MR) is 174 cm³/mol. The van der Waals surface area contributed by atoms with Crippen molar-refractivity contribution in [1.82, 2.24) is 19.9 Å². The van der Waals surface area contributed by atoms with Gasteiger partial charge in [0.25, 0.3) is 0 Å². The summed E-state index contributed by atoms with van der Waals surface area (Å²) < 4.78 is 71.0. The number of carbonyl (C=O) groups is 1. The Labute approximate surface area is 275 Å². The number of carbonyl (C=O) groups excluding carboxylic acids is 1. The van der Waals surface area contributed by atoms with E-state index in [1.807, 2.05) is 25.1 Å². The van der Waals surface area contributed by atoms with Gasteiger partial charge in [-0.2, -0.15) is 13.2 Å². The van der Waals surface area contributed by atoms with E-state index in [0.29, 0.717) is 33.5 Å². The number of aryl methyl sites for hydroxylation is 1. The van der Waals surface area contributed by atoms with Crippen LogP contribution in [0.3, 0.4) is 0 Å². The van der Waals surface area contributed by atoms with E-state index < -0.39 is 42.7 Å². The Morgan fingerprint density at radius 3 is 2.54 bits per heavy atom. The average Bonchev–Trinajstić information content (AvgIpc) is 3.01. The lowest BCUT2D eigenvalue weighted by Crippen LogP contribution is -2.51. The van der Waals surface area contributed by atoms with Crippen molar-refractivity contribution in [3.8, 4) is 22.9 Å². The largest absolute Gasteiger partial charge is 0.444 e. The molecule has 256 valence electrons. The number of pyridine rings is 1. The molecule has 14 heteroatoms. The summed E-state index contributed by atoms with van der Waals surface area (Å²) >= 11 is 0. The van der Waals surface area contributed by atoms with Crippen molar-refractivity contribution in [3.05, 3.63) is 66.5 Å². The number of benzene rings is 2. The first-order valence-corrected chi connectivity index (χ1v) is 15.4. The van der Waals surface area contributed by atoms with Crippen molar-refractivity contribution in [2.75, 3.05) is 37.4 Å². The van der Waals surface area contributed by atoms with Gasteiger partial charge >= 0.3 is 12.3 Å². The fourth-order valence-corrected chi connectivity index (χ4v) is 5.41. The van der Waals surface area contributed by atoms with Crippen molar-refractivity contribution < 1.29 is 36.6 Å². The Morgan fingerprint density at radius 2 is 1.81 bits per heavy atom. The molecule has 10 nitrogen and oxygen atoms in total. The number of nitrogens with zero attached hydrogens (tertiary/aromatic N) is 4. The summed E-state index contributed by atoms with van der Waals surface area (Å²) in [5.41, 5.74) is 1.58. The van der Waals surface area contributed by atoms with Crippen LogP contribution in [0.5, 0.6) is 11.6 Å². The zero-order valence-electron chi connectivity index (χ0n) is 27.3. The van der Waals surface area contributed by atoms with Gasteiger partial charge in [-0.15, -0.1) is 0 Å². The van der Waals surface area contributed by atoms with Crippen LogP contribution < -0.4 is 15.4 Å². The maximum atomic E-state index is 14.7. The number of aromatic nitrogens is 3. The predicted octanol–water partition coefficient (Wildman–Crippen LogP) is 7.54. The van der Waals surface area contributed by atoms with E-state index in [2.05, 4.69) is 30.3 Å². The van der Waals surface area contributed by atoms with Gasteiger partial charge < -0.3 is 29.7 Å². The van der Waals surface area contributed by atoms with Gasteiger partial charge in [-0.05, 0) is 57.5 Å². The molecule has 0 radical (unpaired) electrons. The molecule has 1 saturated heterocycles. The lowest BCUT2D eigenvalue weighted by Gasteiger charge is -2.36. The molecule has 2 aromatic heterocycles. The van der Waals surface area contributed by atoms with Gasteiger partial charge in [0.1, 0.15) is 17.5 Å². The molecule has 0 spiro atoms. The van der Waals surface area contributed by atoms with Gasteiger partial charge in [-0.3, -0.25) is 0 Å². The number of methoxy groups -OCH3 is 1. The lowest BCUT2D eigenvalue weighted by molar-refractivity contribution is -0.207. The number of fused-ring (bicyclic) bond motifs is 1. The third kappa shape index (κ3) is 8.40. The van der Waals surface area contributed by atoms with Crippen molar-refractivity contribution >= 4 is 28.5 Å². The van der Waals surface area contributed by atoms with Crippen LogP contribution in [-0.2, 0) is 9.47 Å². The number of piperidine rings is 1. The fourth-order valence-electron chi connectivity index (χ4n) is 5.41. The Hall–Kier alpha value is -4.72. The maximum Gasteiger partial charge on any atom is 0.416 e. The molecule has 4 aromatic rings. The molecular formula is C34H38F4N6O4. The van der Waals surface area contributed by atoms with E-state index in [0.717, 1.165) is 12.7 Å². The van der Waals surface area contributed by atoms with Gasteiger partial charge in [-0.1, -0.05) is 24.3 Å². The summed E-state index contributed by atoms with van der Waals surface area (Å²) in [7, 11) is 1.02. The Morgan fingerprint density at radius 1 is 1.02 bits per heavy atom. The molecule has 3 atom stereocenters. The van der Waals surface area contributed by atoms with Gasteiger partial charge in [0.2, 0.25) is 11.8 Å². The van der Waals surface area contributed by atoms with Crippen LogP contribution in [-0.4, -0.2) is 82.8 Å². The number of halogens is 4. The normalized spacial score (nSPS) is 17.6. The van der Waals surface area contributed by atoms with E-state index in [1.54, 1.807) is 63.5 Å². The molecule has 2 aromatic carbocycles. The molecule has 0 saturated carbocycles. The molecule has 5 rings (SSSR count). The molecular weight excluding hydrogens is 632 g/mol. The SMILES string of the molecule is CO[C@@H](CNc1cccc2c(Oc3ncccc3-c3ccnc(N[C@@H]4C[C@@H](F)CN(C(=O)OC(C)(C)C)C4)n3)c(C)ccc12)C(F)(F)F. The van der Waals surface area contributed by atoms with Gasteiger partial charge in [0.15, 0.2) is 6.10 Å². The number of likely N-dealkylation sites (tertiary alicyclic amines) is 1. The molecule has 2 N–H and O–H groups in total. The fraction of sp³-hybridized carbons (Fsp3) is 0.412. The first kappa shape index (κ1) is 34.6. The smallest absolute Gasteiger partial charge is 0.416 e. The van der Waals surface area contributed by atoms with E-state index in [4.69, 9.17) is 9.47 Å². The van der Waals surface area contributed by atoms with Crippen LogP contribution in [0.4, 0.5) is 34.0 Å². The average molecular weight is 671 g/mol. The number of hydrogen-bond acceptors (Lipinski definition) is 9. The molecule has 1 aliphatic heterocycles. The Balaban J connectivity index is 1.38. The molecule has 1 fully saturated rings. The summed E-state index contributed by atoms with van der Waals surface area (Å²) in [6, 6.07) is 13.6. The highest BCUT2D eigenvalue weighted by atomic mass is 19.4. The van der Waals surface area contributed by atoms with Crippen LogP contribution >= 0.6 is 0 Å². The molecule has 1 amide bonds. The zero-order valence-corrected chi connectivity index (χ0v) is 27.3. The first-order chi connectivity index (χ1) is 22.7. The second kappa shape index (κ2) is 14.2. The van der Waals surface area contributed by atoms with Crippen LogP contribution in [0.2, 0.25) is 0 Å². The highest BCUT2D eigenvalue weighted by Gasteiger charge is 2.40. The first-order valence-electron chi connectivity index (χ1n) is 15.4. The van der Waals surface area contributed by atoms with Crippen LogP contribution in [0.1, 0.15) is 32.8 Å². The molecule has 3 heterocycles. The second-order valence-corrected chi connectivity index (χ2v) is 12.5. The van der Waals surface area contributed by atoms with E-state index in [-0.39, 0.29) is 31.3 Å². The maximum absolute atomic E-state index is 14.7. The number of hydrogen-bond donors (Lipinski definition) is 2. The van der Waals surface area contributed by atoms with Crippen LogP contribution in [0.25, 0.3) is 22.0 Å². The highest BCUT2D eigenvalue weighted by Crippen LogP contribution is 2.39. The molecule has 0 aliphatic carbocycles. The minimum absolute atomic E-state index is 0.0588. The highest BCUT2D eigenvalue weighted by molar-refractivity contribution is 5.98. The number of amides is 1. The topological polar surface area (TPSA) is 111 Å². The number of ether oxygens (including phenoxy) is 3. The second-order valence-electron chi connectivity index (χ2n) is 12.5. The standard InChI is InChI=1S/C34H38F4N6O4/c1-20-11-12-23-24(8-6-10-26(23)41-17-28(46-5)34(36,37)38)29(20)47-30-25(9-7-14-39-30)27-13-15-40-31(43-27)42-22-16-21(35)18-44(19-22)32(45)48-33(2,3)4/h6-15,21-22,28,41H,16-19H2,1-5H3,(H,40,42,43)/t21-,22-,28+/m1/s1. The summed E-state index contributed by atoms with van der Waals surface area (Å²) in [4.78, 5) is 27.4. The molecule has 48 heavy (non-hydrogen) atoms. The van der Waals surface area contributed by atoms with Crippen molar-refractivity contribution in [2.45, 2.75) is 64.2 Å². The van der Waals surface area contributed by atoms with Gasteiger partial charge in [0, 0.05) is 55.0 Å². The minimum Gasteiger partial charge on any atom is -0.444 e. The summed E-state index contributed by atoms with van der Waals surface area (Å²) in [6.45, 7) is 6.80. The van der Waals surface area contributed by atoms with Crippen molar-refractivity contribution in [3.63, 3.8) is 0 Å². The molecule has 0 unspecified atom stereocenters. The third-order valence-corrected chi connectivity index (χ3v) is 7.62. The van der Waals surface area contributed by atoms with E-state index in [9.17, 15) is 22.4 Å². The zero-order chi connectivity index (χ0) is 34.6. The summed E-state index contributed by atoms with van der Waals surface area (Å²) in [5.74, 6) is 0.946. The lowest BCUT2D eigenvalue weighted by atomic mass is 10.0. The number of rotatable bonds is 9. The van der Waals surface area contributed by atoms with E-state index >= 15 is 0 Å². The van der Waals surface area contributed by atoms with Crippen LogP contribution in [0.15, 0.2) is 60.9 Å². The summed E-state index contributed by atoms with van der Waals surface area (Å²) in [5, 5.41) is 7.33. The summed E-state index contributed by atoms with van der Waals surface area (Å²) in [6.07, 6.45) is -5.05. The van der Waals surface area contributed by atoms with Gasteiger partial charge in [-0.25, -0.2) is 24.1 Å². The van der Waals surface area contributed by atoms with Gasteiger partial charge in [0.05, 0.1) is 24.3 Å². The Kier molecular flexibility index (Phi) is 10.2. The number of anilines is 2. The minimum atomic E-state index is -4.52. The number of nitrogens with one attached hydrogen (secondary N) is 2. The van der Waals surface area contributed by atoms with Crippen LogP contribution in [0, 0.1) is 6.92 Å². The Bertz CT molecular complexity index is 1750. The molecule has 1 aliphatic rings. The monoisotopic (exact) mass is 670 g/mol. The third-order valence-electron chi connectivity index (χ3n) is 7.62. The van der Waals surface area contributed by atoms with Crippen molar-refractivity contribution in [2.24, 2.45) is 0 Å². The van der Waals surface area contributed by atoms with E-state index in [1.165, 1.54) is 4.90 Å². The number of alkyl halides is 4.